The lowest BCUT2D eigenvalue weighted by Crippen LogP contribution is -2.38. The van der Waals surface area contributed by atoms with Gasteiger partial charge in [0.1, 0.15) is 0 Å². The summed E-state index contributed by atoms with van der Waals surface area (Å²) in [5.74, 6) is 0.525. The molecule has 1 atom stereocenters. The number of nitrogens with two attached hydrogens (primary N) is 1. The van der Waals surface area contributed by atoms with Gasteiger partial charge < -0.3 is 11.1 Å². The fourth-order valence-corrected chi connectivity index (χ4v) is 1.72. The molecule has 17 heavy (non-hydrogen) atoms. The van der Waals surface area contributed by atoms with Crippen molar-refractivity contribution < 1.29 is 4.79 Å². The fraction of sp³-hybridized carbons (Fsp3) is 0.636. The number of carbonyl (C=O) groups excluding carboxylic acids is 1. The highest BCUT2D eigenvalue weighted by atomic mass is 35.5. The molecule has 1 unspecified atom stereocenters. The fourth-order valence-electron chi connectivity index (χ4n) is 1.72. The van der Waals surface area contributed by atoms with Crippen molar-refractivity contribution in [3.63, 3.8) is 0 Å². The lowest BCUT2D eigenvalue weighted by Gasteiger charge is -2.11. The topological polar surface area (TPSA) is 72.9 Å². The molecule has 0 spiro atoms. The first-order valence-electron chi connectivity index (χ1n) is 5.62. The highest BCUT2D eigenvalue weighted by Crippen LogP contribution is 2.31. The maximum absolute atomic E-state index is 11.8. The predicted molar refractivity (Wildman–Crippen MR) is 68.2 cm³/mol. The normalized spacial score (nSPS) is 16.2. The van der Waals surface area contributed by atoms with Gasteiger partial charge in [-0.1, -0.05) is 0 Å². The summed E-state index contributed by atoms with van der Waals surface area (Å²) in [5.41, 5.74) is 7.42. The molecule has 1 aliphatic rings. The highest BCUT2D eigenvalue weighted by Gasteiger charge is 2.28. The monoisotopic (exact) mass is 258 g/mol. The average Bonchev–Trinajstić information content (AvgIpc) is 3.04. The van der Waals surface area contributed by atoms with Crippen molar-refractivity contribution >= 4 is 18.3 Å². The second-order valence-corrected chi connectivity index (χ2v) is 4.48. The third kappa shape index (κ3) is 3.20. The second kappa shape index (κ2) is 5.51. The van der Waals surface area contributed by atoms with Crippen LogP contribution in [-0.4, -0.2) is 28.3 Å². The Kier molecular flexibility index (Phi) is 4.54. The zero-order chi connectivity index (χ0) is 11.7. The van der Waals surface area contributed by atoms with E-state index in [0.717, 1.165) is 5.69 Å². The number of nitrogens with zero attached hydrogens (tertiary/aromatic N) is 2. The van der Waals surface area contributed by atoms with Crippen LogP contribution >= 0.6 is 12.4 Å². The molecule has 5 nitrogen and oxygen atoms in total. The third-order valence-electron chi connectivity index (χ3n) is 3.21. The van der Waals surface area contributed by atoms with Gasteiger partial charge in [0.2, 0.25) is 0 Å². The van der Waals surface area contributed by atoms with Crippen LogP contribution in [0.1, 0.15) is 28.9 Å². The van der Waals surface area contributed by atoms with Crippen LogP contribution in [0.4, 0.5) is 0 Å². The van der Waals surface area contributed by atoms with Crippen molar-refractivity contribution in [2.45, 2.75) is 25.8 Å². The van der Waals surface area contributed by atoms with Crippen LogP contribution in [0.15, 0.2) is 6.20 Å². The Balaban J connectivity index is 0.00000144. The smallest absolute Gasteiger partial charge is 0.254 e. The van der Waals surface area contributed by atoms with Gasteiger partial charge in [0.05, 0.1) is 11.8 Å². The Labute approximate surface area is 107 Å². The maximum Gasteiger partial charge on any atom is 0.254 e. The van der Waals surface area contributed by atoms with Crippen LogP contribution in [0, 0.1) is 12.8 Å². The van der Waals surface area contributed by atoms with Gasteiger partial charge in [-0.25, -0.2) is 0 Å². The Hall–Kier alpha value is -1.07. The molecule has 1 aromatic rings. The molecule has 3 N–H and O–H groups in total. The quantitative estimate of drug-likeness (QED) is 0.832. The molecule has 1 amide bonds. The molecule has 1 heterocycles. The zero-order valence-electron chi connectivity index (χ0n) is 10.1. The van der Waals surface area contributed by atoms with E-state index in [-0.39, 0.29) is 24.4 Å². The number of amides is 1. The number of aryl methyl sites for hydroxylation is 1. The summed E-state index contributed by atoms with van der Waals surface area (Å²) in [6.07, 6.45) is 3.99. The van der Waals surface area contributed by atoms with Gasteiger partial charge >= 0.3 is 0 Å². The first kappa shape index (κ1) is 14.0. The first-order valence-corrected chi connectivity index (χ1v) is 5.62. The van der Waals surface area contributed by atoms with Crippen LogP contribution in [0.2, 0.25) is 0 Å². The number of hydrogen-bond acceptors (Lipinski definition) is 3. The van der Waals surface area contributed by atoms with Crippen molar-refractivity contribution in [3.05, 3.63) is 17.5 Å². The molecule has 1 fully saturated rings. The molecule has 1 aromatic heterocycles. The molecule has 0 aromatic carbocycles. The van der Waals surface area contributed by atoms with Crippen LogP contribution in [0.25, 0.3) is 0 Å². The molecule has 0 saturated heterocycles. The van der Waals surface area contributed by atoms with E-state index < -0.39 is 0 Å². The van der Waals surface area contributed by atoms with Gasteiger partial charge in [-0.2, -0.15) is 5.10 Å². The number of hydrogen-bond donors (Lipinski definition) is 2. The second-order valence-electron chi connectivity index (χ2n) is 4.48. The minimum Gasteiger partial charge on any atom is -0.350 e. The van der Waals surface area contributed by atoms with Gasteiger partial charge in [-0.05, 0) is 25.7 Å². The molecular weight excluding hydrogens is 240 g/mol. The van der Waals surface area contributed by atoms with Crippen LogP contribution in [0.3, 0.4) is 0 Å². The van der Waals surface area contributed by atoms with Gasteiger partial charge in [0.25, 0.3) is 5.91 Å². The number of rotatable bonds is 4. The molecule has 96 valence electrons. The predicted octanol–water partition coefficient (Wildman–Crippen LogP) is 0.617. The minimum absolute atomic E-state index is 0. The van der Waals surface area contributed by atoms with E-state index in [9.17, 15) is 4.79 Å². The summed E-state index contributed by atoms with van der Waals surface area (Å²) >= 11 is 0. The summed E-state index contributed by atoms with van der Waals surface area (Å²) in [6.45, 7) is 2.43. The van der Waals surface area contributed by atoms with Gasteiger partial charge in [-0.3, -0.25) is 9.48 Å². The molecule has 1 saturated carbocycles. The average molecular weight is 259 g/mol. The van der Waals surface area contributed by atoms with E-state index in [1.807, 2.05) is 14.0 Å². The summed E-state index contributed by atoms with van der Waals surface area (Å²) in [5, 5.41) is 6.89. The third-order valence-corrected chi connectivity index (χ3v) is 3.21. The lowest BCUT2D eigenvalue weighted by molar-refractivity contribution is 0.0949. The SMILES string of the molecule is Cc1c(C(=O)NCC(N)C2CC2)cnn1C.Cl. The molecular formula is C11H19ClN4O. The van der Waals surface area contributed by atoms with E-state index in [1.165, 1.54) is 12.8 Å². The van der Waals surface area contributed by atoms with Gasteiger partial charge in [0.15, 0.2) is 0 Å². The largest absolute Gasteiger partial charge is 0.350 e. The Morgan fingerprint density at radius 3 is 2.82 bits per heavy atom. The van der Waals surface area contributed by atoms with E-state index in [4.69, 9.17) is 5.73 Å². The number of halogens is 1. The van der Waals surface area contributed by atoms with E-state index >= 15 is 0 Å². The molecule has 0 bridgehead atoms. The standard InChI is InChI=1S/C11H18N4O.ClH/c1-7-9(5-14-15(7)2)11(16)13-6-10(12)8-3-4-8;/h5,8,10H,3-4,6,12H2,1-2H3,(H,13,16);1H. The molecule has 1 aliphatic carbocycles. The molecule has 6 heteroatoms. The molecule has 0 aliphatic heterocycles. The summed E-state index contributed by atoms with van der Waals surface area (Å²) in [6, 6.07) is 0.0981. The summed E-state index contributed by atoms with van der Waals surface area (Å²) in [4.78, 5) is 11.8. The number of nitrogens with one attached hydrogen (secondary N) is 1. The lowest BCUT2D eigenvalue weighted by atomic mass is 10.2. The number of carbonyl (C=O) groups is 1. The molecule has 0 radical (unpaired) electrons. The Bertz CT molecular complexity index is 400. The summed E-state index contributed by atoms with van der Waals surface area (Å²) in [7, 11) is 1.82. The minimum atomic E-state index is -0.0818. The van der Waals surface area contributed by atoms with Crippen molar-refractivity contribution in [2.75, 3.05) is 6.54 Å². The van der Waals surface area contributed by atoms with Crippen molar-refractivity contribution in [1.82, 2.24) is 15.1 Å². The van der Waals surface area contributed by atoms with E-state index in [0.29, 0.717) is 18.0 Å². The molecule has 2 rings (SSSR count). The highest BCUT2D eigenvalue weighted by molar-refractivity contribution is 5.95. The van der Waals surface area contributed by atoms with Crippen molar-refractivity contribution in [1.29, 1.82) is 0 Å². The van der Waals surface area contributed by atoms with Gasteiger partial charge in [-0.15, -0.1) is 12.4 Å². The summed E-state index contributed by atoms with van der Waals surface area (Å²) < 4.78 is 1.69. The van der Waals surface area contributed by atoms with Gasteiger partial charge in [0, 0.05) is 25.3 Å². The first-order chi connectivity index (χ1) is 7.59. The Morgan fingerprint density at radius 1 is 1.71 bits per heavy atom. The van der Waals surface area contributed by atoms with E-state index in [1.54, 1.807) is 10.9 Å². The maximum atomic E-state index is 11.8. The van der Waals surface area contributed by atoms with E-state index in [2.05, 4.69) is 10.4 Å². The van der Waals surface area contributed by atoms with Crippen LogP contribution < -0.4 is 11.1 Å². The van der Waals surface area contributed by atoms with Crippen molar-refractivity contribution in [3.8, 4) is 0 Å². The number of aromatic nitrogens is 2. The van der Waals surface area contributed by atoms with Crippen molar-refractivity contribution in [2.24, 2.45) is 18.7 Å². The van der Waals surface area contributed by atoms with Crippen LogP contribution in [0.5, 0.6) is 0 Å². The zero-order valence-corrected chi connectivity index (χ0v) is 11.0. The Morgan fingerprint density at radius 2 is 2.35 bits per heavy atom. The van der Waals surface area contributed by atoms with Crippen LogP contribution in [-0.2, 0) is 7.05 Å².